The molecule has 0 radical (unpaired) electrons. The van der Waals surface area contributed by atoms with Gasteiger partial charge in [-0.15, -0.1) is 0 Å². The lowest BCUT2D eigenvalue weighted by molar-refractivity contribution is -0.384. The molecule has 1 aromatic carbocycles. The van der Waals surface area contributed by atoms with Gasteiger partial charge in [0.25, 0.3) is 5.69 Å². The quantitative estimate of drug-likeness (QED) is 0.0722. The number of ether oxygens (including phenoxy) is 1. The Morgan fingerprint density at radius 1 is 1.03 bits per heavy atom. The average Bonchev–Trinajstić information content (AvgIpc) is 2.76. The van der Waals surface area contributed by atoms with Gasteiger partial charge in [0, 0.05) is 6.42 Å². The number of carbonyl (C=O) groups excluding carboxylic acids is 1. The topological polar surface area (TPSA) is 93.5 Å². The molecular weight excluding hydrogens is 489 g/mol. The predicted octanol–water partition coefficient (Wildman–Crippen LogP) is 7.53. The molecule has 0 aromatic heterocycles. The minimum Gasteiger partial charge on any atom is -0.496 e. The van der Waals surface area contributed by atoms with Crippen LogP contribution in [-0.2, 0) is 4.79 Å². The van der Waals surface area contributed by atoms with E-state index in [-0.39, 0.29) is 17.3 Å². The van der Waals surface area contributed by atoms with Crippen molar-refractivity contribution in [2.75, 3.05) is 12.4 Å². The van der Waals surface area contributed by atoms with Gasteiger partial charge in [0.2, 0.25) is 9.70 Å². The zero-order chi connectivity index (χ0) is 24.7. The molecular formula is C23H36Cl3N3O4. The van der Waals surface area contributed by atoms with E-state index in [1.807, 2.05) is 0 Å². The van der Waals surface area contributed by atoms with E-state index in [0.29, 0.717) is 12.2 Å². The van der Waals surface area contributed by atoms with E-state index in [1.165, 1.54) is 76.7 Å². The lowest BCUT2D eigenvalue weighted by Crippen LogP contribution is -2.49. The fourth-order valence-electron chi connectivity index (χ4n) is 3.45. The Bertz CT molecular complexity index is 729. The summed E-state index contributed by atoms with van der Waals surface area (Å²) in [5, 5.41) is 16.8. The summed E-state index contributed by atoms with van der Waals surface area (Å²) < 4.78 is 3.11. The highest BCUT2D eigenvalue weighted by atomic mass is 35.6. The Labute approximate surface area is 212 Å². The first-order valence-corrected chi connectivity index (χ1v) is 12.8. The molecule has 188 valence electrons. The molecule has 1 unspecified atom stereocenters. The van der Waals surface area contributed by atoms with Gasteiger partial charge in [0.1, 0.15) is 17.6 Å². The summed E-state index contributed by atoms with van der Waals surface area (Å²) in [5.41, 5.74) is -0.152. The minimum atomic E-state index is -1.92. The van der Waals surface area contributed by atoms with Crippen LogP contribution in [0.15, 0.2) is 18.2 Å². The van der Waals surface area contributed by atoms with Crippen molar-refractivity contribution < 1.29 is 14.5 Å². The van der Waals surface area contributed by atoms with Gasteiger partial charge in [-0.2, -0.15) is 0 Å². The summed E-state index contributed by atoms with van der Waals surface area (Å²) in [7, 11) is 1.41. The minimum absolute atomic E-state index is 0.104. The van der Waals surface area contributed by atoms with Crippen LogP contribution in [0.2, 0.25) is 0 Å². The molecule has 0 heterocycles. The average molecular weight is 525 g/mol. The first kappa shape index (κ1) is 29.6. The van der Waals surface area contributed by atoms with Gasteiger partial charge >= 0.3 is 0 Å². The van der Waals surface area contributed by atoms with Crippen molar-refractivity contribution in [1.29, 1.82) is 0 Å². The molecule has 1 rings (SSSR count). The van der Waals surface area contributed by atoms with E-state index in [1.54, 1.807) is 0 Å². The van der Waals surface area contributed by atoms with Crippen LogP contribution in [0.4, 0.5) is 11.4 Å². The molecule has 0 aliphatic rings. The van der Waals surface area contributed by atoms with Crippen LogP contribution in [0.1, 0.15) is 84.0 Å². The predicted molar refractivity (Wildman–Crippen MR) is 137 cm³/mol. The highest BCUT2D eigenvalue weighted by Gasteiger charge is 2.35. The number of nitrogens with zero attached hydrogens (tertiary/aromatic N) is 1. The Morgan fingerprint density at radius 3 is 2.06 bits per heavy atom. The summed E-state index contributed by atoms with van der Waals surface area (Å²) in [6.45, 7) is 2.22. The zero-order valence-electron chi connectivity index (χ0n) is 19.5. The second kappa shape index (κ2) is 16.2. The van der Waals surface area contributed by atoms with Crippen LogP contribution >= 0.6 is 34.8 Å². The number of anilines is 1. The number of benzene rings is 1. The molecule has 2 N–H and O–H groups in total. The van der Waals surface area contributed by atoms with Gasteiger partial charge in [-0.3, -0.25) is 14.9 Å². The number of carbonyl (C=O) groups is 1. The van der Waals surface area contributed by atoms with Gasteiger partial charge in [-0.1, -0.05) is 106 Å². The van der Waals surface area contributed by atoms with Gasteiger partial charge in [0.05, 0.1) is 18.1 Å². The summed E-state index contributed by atoms with van der Waals surface area (Å²) in [5.74, 6) is 0.0316. The van der Waals surface area contributed by atoms with Crippen molar-refractivity contribution in [2.45, 2.75) is 93.9 Å². The van der Waals surface area contributed by atoms with E-state index in [9.17, 15) is 14.9 Å². The number of methoxy groups -OCH3 is 1. The summed E-state index contributed by atoms with van der Waals surface area (Å²) in [6.07, 6.45) is 12.2. The number of rotatable bonds is 17. The van der Waals surface area contributed by atoms with Crippen LogP contribution in [0.25, 0.3) is 0 Å². The van der Waals surface area contributed by atoms with E-state index < -0.39 is 14.9 Å². The van der Waals surface area contributed by atoms with Crippen LogP contribution in [0, 0.1) is 10.1 Å². The monoisotopic (exact) mass is 523 g/mol. The fourth-order valence-corrected chi connectivity index (χ4v) is 3.78. The van der Waals surface area contributed by atoms with Crippen molar-refractivity contribution >= 4 is 52.1 Å². The van der Waals surface area contributed by atoms with Gasteiger partial charge in [-0.05, 0) is 18.6 Å². The fraction of sp³-hybridized carbons (Fsp3) is 0.696. The van der Waals surface area contributed by atoms with Crippen molar-refractivity contribution in [3.8, 4) is 5.75 Å². The SMILES string of the molecule is CCCCCCCCCCCCCC(=O)NC(Nc1ccc(OC)cc1[N+](=O)[O-])C(Cl)(Cl)Cl. The second-order valence-electron chi connectivity index (χ2n) is 8.11. The summed E-state index contributed by atoms with van der Waals surface area (Å²) >= 11 is 18.0. The molecule has 7 nitrogen and oxygen atoms in total. The highest BCUT2D eigenvalue weighted by Crippen LogP contribution is 2.35. The van der Waals surface area contributed by atoms with E-state index in [0.717, 1.165) is 19.3 Å². The molecule has 1 atom stereocenters. The lowest BCUT2D eigenvalue weighted by atomic mass is 10.1. The molecule has 0 saturated heterocycles. The number of nitro benzene ring substituents is 1. The van der Waals surface area contributed by atoms with Crippen LogP contribution in [-0.4, -0.2) is 27.9 Å². The van der Waals surface area contributed by atoms with Gasteiger partial charge in [0.15, 0.2) is 0 Å². The van der Waals surface area contributed by atoms with Gasteiger partial charge < -0.3 is 15.4 Å². The maximum absolute atomic E-state index is 12.4. The molecule has 0 saturated carbocycles. The van der Waals surface area contributed by atoms with Crippen molar-refractivity contribution in [3.05, 3.63) is 28.3 Å². The summed E-state index contributed by atoms with van der Waals surface area (Å²) in [4.78, 5) is 23.2. The molecule has 0 aliphatic carbocycles. The van der Waals surface area contributed by atoms with E-state index in [4.69, 9.17) is 39.5 Å². The maximum atomic E-state index is 12.4. The van der Waals surface area contributed by atoms with Gasteiger partial charge in [-0.25, -0.2) is 0 Å². The zero-order valence-corrected chi connectivity index (χ0v) is 21.8. The van der Waals surface area contributed by atoms with E-state index in [2.05, 4.69) is 17.6 Å². The first-order chi connectivity index (χ1) is 15.7. The number of alkyl halides is 3. The normalized spacial score (nSPS) is 12.3. The number of halogens is 3. The van der Waals surface area contributed by atoms with Crippen molar-refractivity contribution in [2.24, 2.45) is 0 Å². The van der Waals surface area contributed by atoms with Crippen molar-refractivity contribution in [3.63, 3.8) is 0 Å². The lowest BCUT2D eigenvalue weighted by Gasteiger charge is -2.27. The Hall–Kier alpha value is -1.44. The number of hydrogen-bond acceptors (Lipinski definition) is 5. The standard InChI is InChI=1S/C23H36Cl3N3O4/c1-3-4-5-6-7-8-9-10-11-12-13-14-21(30)28-22(23(24,25)26)27-19-16-15-18(33-2)17-20(19)29(31)32/h15-17,22,27H,3-14H2,1-2H3,(H,28,30). The van der Waals surface area contributed by atoms with Crippen LogP contribution in [0.3, 0.4) is 0 Å². The molecule has 1 aromatic rings. The molecule has 0 bridgehead atoms. The highest BCUT2D eigenvalue weighted by molar-refractivity contribution is 6.68. The smallest absolute Gasteiger partial charge is 0.296 e. The van der Waals surface area contributed by atoms with Crippen molar-refractivity contribution in [1.82, 2.24) is 5.32 Å². The molecule has 0 aliphatic heterocycles. The first-order valence-electron chi connectivity index (χ1n) is 11.6. The largest absolute Gasteiger partial charge is 0.496 e. The second-order valence-corrected chi connectivity index (χ2v) is 10.5. The third kappa shape index (κ3) is 12.6. The third-order valence-corrected chi connectivity index (χ3v) is 6.00. The molecule has 33 heavy (non-hydrogen) atoms. The molecule has 0 spiro atoms. The number of nitrogens with one attached hydrogen (secondary N) is 2. The third-order valence-electron chi connectivity index (χ3n) is 5.34. The maximum Gasteiger partial charge on any atom is 0.296 e. The number of unbranched alkanes of at least 4 members (excludes halogenated alkanes) is 10. The number of hydrogen-bond donors (Lipinski definition) is 2. The summed E-state index contributed by atoms with van der Waals surface area (Å²) in [6, 6.07) is 4.24. The molecule has 10 heteroatoms. The Kier molecular flexibility index (Phi) is 14.6. The molecule has 1 amide bonds. The molecule has 0 fully saturated rings. The van der Waals surface area contributed by atoms with E-state index >= 15 is 0 Å². The Balaban J connectivity index is 2.44. The van der Waals surface area contributed by atoms with Crippen LogP contribution in [0.5, 0.6) is 5.75 Å². The number of amides is 1. The Morgan fingerprint density at radius 2 is 1.58 bits per heavy atom. The number of nitro groups is 1. The van der Waals surface area contributed by atoms with Crippen LogP contribution < -0.4 is 15.4 Å².